The van der Waals surface area contributed by atoms with Crippen LogP contribution in [-0.4, -0.2) is 19.0 Å². The zero-order valence-corrected chi connectivity index (χ0v) is 12.0. The first kappa shape index (κ1) is 13.7. The Morgan fingerprint density at radius 2 is 2.26 bits per heavy atom. The van der Waals surface area contributed by atoms with E-state index in [0.717, 1.165) is 6.54 Å². The highest BCUT2D eigenvalue weighted by Crippen LogP contribution is 2.45. The molecule has 1 aliphatic rings. The van der Waals surface area contributed by atoms with Crippen molar-refractivity contribution in [1.29, 1.82) is 5.26 Å². The molecule has 1 aliphatic carbocycles. The van der Waals surface area contributed by atoms with E-state index in [2.05, 4.69) is 23.6 Å². The van der Waals surface area contributed by atoms with E-state index in [4.69, 9.17) is 5.73 Å². The smallest absolute Gasteiger partial charge is 0.263 e. The Kier molecular flexibility index (Phi) is 3.67. The number of rotatable bonds is 5. The molecule has 4 N–H and O–H groups in total. The van der Waals surface area contributed by atoms with E-state index in [0.29, 0.717) is 27.4 Å². The number of hydrogen-bond donors (Lipinski definition) is 3. The summed E-state index contributed by atoms with van der Waals surface area (Å²) < 4.78 is 0. The lowest BCUT2D eigenvalue weighted by atomic mass is 10.1. The zero-order valence-electron chi connectivity index (χ0n) is 11.2. The molecule has 1 heterocycles. The van der Waals surface area contributed by atoms with Crippen molar-refractivity contribution in [3.63, 3.8) is 0 Å². The summed E-state index contributed by atoms with van der Waals surface area (Å²) in [5.74, 6) is -0.216. The van der Waals surface area contributed by atoms with E-state index < -0.39 is 0 Å². The molecule has 2 rings (SSSR count). The average Bonchev–Trinajstić information content (AvgIpc) is 3.01. The van der Waals surface area contributed by atoms with Crippen molar-refractivity contribution in [3.8, 4) is 6.07 Å². The molecule has 1 aromatic rings. The van der Waals surface area contributed by atoms with Gasteiger partial charge in [0, 0.05) is 13.1 Å². The maximum atomic E-state index is 11.8. The van der Waals surface area contributed by atoms with E-state index in [9.17, 15) is 10.1 Å². The first-order valence-corrected chi connectivity index (χ1v) is 7.17. The van der Waals surface area contributed by atoms with Gasteiger partial charge in [-0.05, 0) is 25.2 Å². The van der Waals surface area contributed by atoms with Gasteiger partial charge in [-0.25, -0.2) is 0 Å². The normalized spacial score (nSPS) is 15.6. The molecule has 1 aromatic heterocycles. The van der Waals surface area contributed by atoms with E-state index in [1.807, 2.05) is 6.92 Å². The highest BCUT2D eigenvalue weighted by Gasteiger charge is 2.37. The Morgan fingerprint density at radius 3 is 2.79 bits per heavy atom. The van der Waals surface area contributed by atoms with Crippen LogP contribution in [0.1, 0.15) is 41.9 Å². The second kappa shape index (κ2) is 5.10. The lowest BCUT2D eigenvalue weighted by molar-refractivity contribution is 0.0960. The molecule has 0 atom stereocenters. The first-order valence-electron chi connectivity index (χ1n) is 6.35. The van der Waals surface area contributed by atoms with E-state index >= 15 is 0 Å². The molecule has 1 fully saturated rings. The van der Waals surface area contributed by atoms with Crippen molar-refractivity contribution in [3.05, 3.63) is 10.4 Å². The summed E-state index contributed by atoms with van der Waals surface area (Å²) in [6.45, 7) is 5.41. The standard InChI is InChI=1S/C13H18N4OS/c1-3-16-11(18)10-9(15)8(6-14)12(19-10)17-7-13(2)4-5-13/h17H,3-5,7,15H2,1-2H3,(H,16,18). The Labute approximate surface area is 116 Å². The number of nitrogens with zero attached hydrogens (tertiary/aromatic N) is 1. The number of amides is 1. The highest BCUT2D eigenvalue weighted by molar-refractivity contribution is 7.18. The largest absolute Gasteiger partial charge is 0.396 e. The summed E-state index contributed by atoms with van der Waals surface area (Å²) in [7, 11) is 0. The number of carbonyl (C=O) groups excluding carboxylic acids is 1. The van der Waals surface area contributed by atoms with Gasteiger partial charge >= 0.3 is 0 Å². The second-order valence-corrected chi connectivity index (χ2v) is 6.21. The fraction of sp³-hybridized carbons (Fsp3) is 0.538. The number of anilines is 2. The van der Waals surface area contributed by atoms with Gasteiger partial charge in [-0.15, -0.1) is 11.3 Å². The molecule has 0 saturated heterocycles. The van der Waals surface area contributed by atoms with E-state index in [1.165, 1.54) is 24.2 Å². The lowest BCUT2D eigenvalue weighted by Gasteiger charge is -2.09. The number of thiophene rings is 1. The van der Waals surface area contributed by atoms with Gasteiger partial charge in [-0.1, -0.05) is 6.92 Å². The Bertz CT molecular complexity index is 540. The molecule has 1 saturated carbocycles. The minimum absolute atomic E-state index is 0.216. The molecule has 0 spiro atoms. The van der Waals surface area contributed by atoms with Gasteiger partial charge in [0.15, 0.2) is 0 Å². The summed E-state index contributed by atoms with van der Waals surface area (Å²) in [5, 5.41) is 15.8. The van der Waals surface area contributed by atoms with Crippen molar-refractivity contribution >= 4 is 27.9 Å². The van der Waals surface area contributed by atoms with Crippen molar-refractivity contribution in [2.24, 2.45) is 5.41 Å². The van der Waals surface area contributed by atoms with Crippen LogP contribution in [0.15, 0.2) is 0 Å². The highest BCUT2D eigenvalue weighted by atomic mass is 32.1. The molecule has 0 aliphatic heterocycles. The number of nitrogens with two attached hydrogens (primary N) is 1. The summed E-state index contributed by atoms with van der Waals surface area (Å²) >= 11 is 1.26. The Hall–Kier alpha value is -1.74. The Morgan fingerprint density at radius 1 is 1.58 bits per heavy atom. The van der Waals surface area contributed by atoms with Crippen LogP contribution in [0.5, 0.6) is 0 Å². The summed E-state index contributed by atoms with van der Waals surface area (Å²) in [6, 6.07) is 2.08. The van der Waals surface area contributed by atoms with Crippen molar-refractivity contribution in [2.45, 2.75) is 26.7 Å². The quantitative estimate of drug-likeness (QED) is 0.769. The van der Waals surface area contributed by atoms with Crippen LogP contribution in [0.2, 0.25) is 0 Å². The van der Waals surface area contributed by atoms with E-state index in [1.54, 1.807) is 0 Å². The van der Waals surface area contributed by atoms with Gasteiger partial charge in [-0.2, -0.15) is 5.26 Å². The molecule has 102 valence electrons. The molecule has 0 radical (unpaired) electrons. The van der Waals surface area contributed by atoms with Gasteiger partial charge in [0.2, 0.25) is 0 Å². The third kappa shape index (κ3) is 2.82. The number of nitrogen functional groups attached to an aromatic ring is 1. The summed E-state index contributed by atoms with van der Waals surface area (Å²) in [6.07, 6.45) is 2.40. The molecule has 6 heteroatoms. The average molecular weight is 278 g/mol. The number of nitrogens with one attached hydrogen (secondary N) is 2. The van der Waals surface area contributed by atoms with Gasteiger partial charge in [0.1, 0.15) is 21.5 Å². The van der Waals surface area contributed by atoms with Gasteiger partial charge in [0.25, 0.3) is 5.91 Å². The van der Waals surface area contributed by atoms with Crippen LogP contribution < -0.4 is 16.4 Å². The second-order valence-electron chi connectivity index (χ2n) is 5.18. The number of nitriles is 1. The van der Waals surface area contributed by atoms with Crippen molar-refractivity contribution in [2.75, 3.05) is 24.1 Å². The first-order chi connectivity index (χ1) is 9.00. The maximum absolute atomic E-state index is 11.8. The monoisotopic (exact) mass is 278 g/mol. The third-order valence-corrected chi connectivity index (χ3v) is 4.54. The van der Waals surface area contributed by atoms with Crippen LogP contribution in [0.4, 0.5) is 10.7 Å². The third-order valence-electron chi connectivity index (χ3n) is 3.38. The predicted molar refractivity (Wildman–Crippen MR) is 77.3 cm³/mol. The van der Waals surface area contributed by atoms with Gasteiger partial charge in [0.05, 0.1) is 5.69 Å². The van der Waals surface area contributed by atoms with Gasteiger partial charge < -0.3 is 16.4 Å². The zero-order chi connectivity index (χ0) is 14.0. The number of carbonyl (C=O) groups is 1. The number of hydrogen-bond acceptors (Lipinski definition) is 5. The van der Waals surface area contributed by atoms with Gasteiger partial charge in [-0.3, -0.25) is 4.79 Å². The minimum atomic E-state index is -0.216. The molecule has 19 heavy (non-hydrogen) atoms. The van der Waals surface area contributed by atoms with E-state index in [-0.39, 0.29) is 11.6 Å². The summed E-state index contributed by atoms with van der Waals surface area (Å²) in [5.41, 5.74) is 6.88. The van der Waals surface area contributed by atoms with Crippen molar-refractivity contribution < 1.29 is 4.79 Å². The molecule has 5 nitrogen and oxygen atoms in total. The maximum Gasteiger partial charge on any atom is 0.263 e. The molecular formula is C13H18N4OS. The Balaban J connectivity index is 2.20. The van der Waals surface area contributed by atoms with Crippen LogP contribution in [0.3, 0.4) is 0 Å². The molecular weight excluding hydrogens is 260 g/mol. The van der Waals surface area contributed by atoms with Crippen molar-refractivity contribution in [1.82, 2.24) is 5.32 Å². The minimum Gasteiger partial charge on any atom is -0.396 e. The topological polar surface area (TPSA) is 90.9 Å². The molecule has 0 unspecified atom stereocenters. The fourth-order valence-electron chi connectivity index (χ4n) is 1.77. The molecule has 1 amide bonds. The van der Waals surface area contributed by atoms with Crippen LogP contribution in [0.25, 0.3) is 0 Å². The van der Waals surface area contributed by atoms with Crippen LogP contribution in [-0.2, 0) is 0 Å². The molecule has 0 bridgehead atoms. The fourth-order valence-corrected chi connectivity index (χ4v) is 2.76. The van der Waals surface area contributed by atoms with Crippen LogP contribution >= 0.6 is 11.3 Å². The van der Waals surface area contributed by atoms with Crippen LogP contribution in [0, 0.1) is 16.7 Å². The summed E-state index contributed by atoms with van der Waals surface area (Å²) in [4.78, 5) is 12.3. The lowest BCUT2D eigenvalue weighted by Crippen LogP contribution is -2.22. The SMILES string of the molecule is CCNC(=O)c1sc(NCC2(C)CC2)c(C#N)c1N. The molecule has 0 aromatic carbocycles. The predicted octanol–water partition coefficient (Wildman–Crippen LogP) is 2.16.